The minimum atomic E-state index is -4.75. The standard InChI is InChI=1S/C16H18F3N5O/c1-15(2)6-11-13(12(7-15)23-24-14(20)21)9-5-8(25-16(17,18)19)3-4-10(9)22-11/h3-5,22H,6-7H2,1-2H3,(H4,20,21,24)/b23-12+. The number of H-pyrrole nitrogens is 1. The van der Waals surface area contributed by atoms with Gasteiger partial charge in [-0.15, -0.1) is 13.2 Å². The molecule has 6 nitrogen and oxygen atoms in total. The predicted molar refractivity (Wildman–Crippen MR) is 88.7 cm³/mol. The number of hydrogen-bond acceptors (Lipinski definition) is 3. The fourth-order valence-electron chi connectivity index (χ4n) is 3.19. The molecule has 0 fully saturated rings. The van der Waals surface area contributed by atoms with Gasteiger partial charge in [0.25, 0.3) is 0 Å². The number of rotatable bonds is 2. The van der Waals surface area contributed by atoms with Gasteiger partial charge in [-0.1, -0.05) is 13.8 Å². The first kappa shape index (κ1) is 17.1. The van der Waals surface area contributed by atoms with Gasteiger partial charge in [0.2, 0.25) is 5.96 Å². The second kappa shape index (κ2) is 5.68. The lowest BCUT2D eigenvalue weighted by molar-refractivity contribution is -0.274. The molecule has 0 radical (unpaired) electrons. The van der Waals surface area contributed by atoms with Gasteiger partial charge in [0, 0.05) is 22.2 Å². The van der Waals surface area contributed by atoms with Gasteiger partial charge in [0.15, 0.2) is 0 Å². The van der Waals surface area contributed by atoms with Crippen LogP contribution in [0.15, 0.2) is 23.3 Å². The van der Waals surface area contributed by atoms with Crippen LogP contribution in [0.4, 0.5) is 13.2 Å². The van der Waals surface area contributed by atoms with E-state index in [1.54, 1.807) is 6.07 Å². The first-order valence-corrected chi connectivity index (χ1v) is 7.61. The van der Waals surface area contributed by atoms with Gasteiger partial charge in [-0.2, -0.15) is 5.10 Å². The molecule has 1 heterocycles. The van der Waals surface area contributed by atoms with E-state index in [0.717, 1.165) is 17.7 Å². The van der Waals surface area contributed by atoms with Crippen LogP contribution >= 0.6 is 0 Å². The molecule has 9 heteroatoms. The summed E-state index contributed by atoms with van der Waals surface area (Å²) in [5, 5.41) is 12.0. The molecule has 0 saturated heterocycles. The van der Waals surface area contributed by atoms with E-state index >= 15 is 0 Å². The normalized spacial score (nSPS) is 18.2. The average Bonchev–Trinajstić information content (AvgIpc) is 2.78. The Morgan fingerprint density at radius 3 is 2.72 bits per heavy atom. The highest BCUT2D eigenvalue weighted by atomic mass is 19.4. The van der Waals surface area contributed by atoms with Gasteiger partial charge in [-0.3, -0.25) is 5.41 Å². The number of fused-ring (bicyclic) bond motifs is 3. The molecular formula is C16H18F3N5O. The Bertz CT molecular complexity index is 867. The molecule has 134 valence electrons. The lowest BCUT2D eigenvalue weighted by Gasteiger charge is -2.30. The number of aromatic amines is 1. The number of halogens is 3. The van der Waals surface area contributed by atoms with Crippen LogP contribution in [0.2, 0.25) is 0 Å². The monoisotopic (exact) mass is 353 g/mol. The molecule has 25 heavy (non-hydrogen) atoms. The first-order valence-electron chi connectivity index (χ1n) is 7.61. The molecule has 5 N–H and O–H groups in total. The van der Waals surface area contributed by atoms with E-state index in [0.29, 0.717) is 23.0 Å². The Morgan fingerprint density at radius 1 is 1.36 bits per heavy atom. The topological polar surface area (TPSA) is 99.3 Å². The highest BCUT2D eigenvalue weighted by Crippen LogP contribution is 2.39. The van der Waals surface area contributed by atoms with E-state index < -0.39 is 6.36 Å². The van der Waals surface area contributed by atoms with Crippen molar-refractivity contribution < 1.29 is 17.9 Å². The lowest BCUT2D eigenvalue weighted by Crippen LogP contribution is -2.31. The summed E-state index contributed by atoms with van der Waals surface area (Å²) in [7, 11) is 0. The summed E-state index contributed by atoms with van der Waals surface area (Å²) >= 11 is 0. The number of nitrogens with one attached hydrogen (secondary N) is 3. The molecule has 0 atom stereocenters. The van der Waals surface area contributed by atoms with Crippen molar-refractivity contribution >= 4 is 22.6 Å². The smallest absolute Gasteiger partial charge is 0.406 e. The van der Waals surface area contributed by atoms with E-state index in [-0.39, 0.29) is 17.1 Å². The van der Waals surface area contributed by atoms with Crippen molar-refractivity contribution in [1.82, 2.24) is 10.4 Å². The van der Waals surface area contributed by atoms with Gasteiger partial charge < -0.3 is 15.5 Å². The van der Waals surface area contributed by atoms with E-state index in [4.69, 9.17) is 11.1 Å². The fraction of sp³-hybridized carbons (Fsp3) is 0.375. The highest BCUT2D eigenvalue weighted by Gasteiger charge is 2.34. The van der Waals surface area contributed by atoms with Crippen molar-refractivity contribution in [3.8, 4) is 5.75 Å². The van der Waals surface area contributed by atoms with Crippen LogP contribution in [0.25, 0.3) is 10.9 Å². The van der Waals surface area contributed by atoms with E-state index in [9.17, 15) is 13.2 Å². The Balaban J connectivity index is 2.13. The van der Waals surface area contributed by atoms with Gasteiger partial charge in [-0.05, 0) is 36.5 Å². The highest BCUT2D eigenvalue weighted by molar-refractivity contribution is 6.13. The van der Waals surface area contributed by atoms with E-state index in [2.05, 4.69) is 34.1 Å². The number of alkyl halides is 3. The molecule has 0 amide bonds. The lowest BCUT2D eigenvalue weighted by atomic mass is 9.75. The zero-order valence-electron chi connectivity index (χ0n) is 13.7. The molecule has 1 aliphatic carbocycles. The SMILES string of the molecule is CC1(C)C/C(=N\NC(=N)N)c2c([nH]c3ccc(OC(F)(F)F)cc23)C1. The van der Waals surface area contributed by atoms with Crippen molar-refractivity contribution in [2.45, 2.75) is 33.1 Å². The van der Waals surface area contributed by atoms with Gasteiger partial charge in [0.1, 0.15) is 5.75 Å². The largest absolute Gasteiger partial charge is 0.573 e. The third-order valence-electron chi connectivity index (χ3n) is 3.98. The van der Waals surface area contributed by atoms with Crippen LogP contribution in [-0.4, -0.2) is 23.0 Å². The zero-order chi connectivity index (χ0) is 18.4. The van der Waals surface area contributed by atoms with Gasteiger partial charge in [0.05, 0.1) is 5.71 Å². The molecule has 1 aromatic heterocycles. The third-order valence-corrected chi connectivity index (χ3v) is 3.98. The maximum absolute atomic E-state index is 12.5. The Hall–Kier alpha value is -2.71. The minimum Gasteiger partial charge on any atom is -0.406 e. The van der Waals surface area contributed by atoms with Gasteiger partial charge in [-0.25, -0.2) is 5.43 Å². The molecule has 3 rings (SSSR count). The molecule has 0 bridgehead atoms. The van der Waals surface area contributed by atoms with Crippen molar-refractivity contribution in [1.29, 1.82) is 5.41 Å². The summed E-state index contributed by atoms with van der Waals surface area (Å²) in [5.74, 6) is -0.594. The Kier molecular flexibility index (Phi) is 3.89. The molecule has 0 spiro atoms. The van der Waals surface area contributed by atoms with Crippen LogP contribution in [0.5, 0.6) is 5.75 Å². The number of nitrogens with two attached hydrogens (primary N) is 1. The molecule has 0 unspecified atom stereocenters. The van der Waals surface area contributed by atoms with Crippen LogP contribution in [0, 0.1) is 10.8 Å². The first-order chi connectivity index (χ1) is 11.5. The average molecular weight is 353 g/mol. The number of aromatic nitrogens is 1. The number of benzene rings is 1. The fourth-order valence-corrected chi connectivity index (χ4v) is 3.19. The summed E-state index contributed by atoms with van der Waals surface area (Å²) in [6.45, 7) is 4.14. The second-order valence-corrected chi connectivity index (χ2v) is 6.84. The summed E-state index contributed by atoms with van der Waals surface area (Å²) in [5.41, 5.74) is 10.6. The van der Waals surface area contributed by atoms with E-state index in [1.807, 2.05) is 0 Å². The van der Waals surface area contributed by atoms with E-state index in [1.165, 1.54) is 12.1 Å². The molecule has 1 aliphatic rings. The van der Waals surface area contributed by atoms with Crippen LogP contribution in [0.1, 0.15) is 31.5 Å². The summed E-state index contributed by atoms with van der Waals surface area (Å²) in [4.78, 5) is 3.25. The molecule has 2 aromatic rings. The quantitative estimate of drug-likeness (QED) is 0.379. The maximum Gasteiger partial charge on any atom is 0.573 e. The summed E-state index contributed by atoms with van der Waals surface area (Å²) in [6, 6.07) is 4.17. The van der Waals surface area contributed by atoms with Crippen LogP contribution in [-0.2, 0) is 6.42 Å². The van der Waals surface area contributed by atoms with Crippen LogP contribution < -0.4 is 15.9 Å². The second-order valence-electron chi connectivity index (χ2n) is 6.84. The molecule has 0 saturated carbocycles. The number of nitrogens with zero attached hydrogens (tertiary/aromatic N) is 1. The van der Waals surface area contributed by atoms with Crippen molar-refractivity contribution in [3.05, 3.63) is 29.5 Å². The number of hydrogen-bond donors (Lipinski definition) is 4. The Morgan fingerprint density at radius 2 is 2.08 bits per heavy atom. The molecular weight excluding hydrogens is 335 g/mol. The third kappa shape index (κ3) is 3.70. The van der Waals surface area contributed by atoms with Crippen molar-refractivity contribution in [2.24, 2.45) is 16.3 Å². The minimum absolute atomic E-state index is 0.0868. The number of ether oxygens (including phenoxy) is 1. The summed E-state index contributed by atoms with van der Waals surface area (Å²) in [6.07, 6.45) is -3.43. The van der Waals surface area contributed by atoms with Gasteiger partial charge >= 0.3 is 6.36 Å². The van der Waals surface area contributed by atoms with Crippen LogP contribution in [0.3, 0.4) is 0 Å². The molecule has 1 aromatic carbocycles. The molecule has 0 aliphatic heterocycles. The van der Waals surface area contributed by atoms with Crippen molar-refractivity contribution in [3.63, 3.8) is 0 Å². The van der Waals surface area contributed by atoms with Crippen molar-refractivity contribution in [2.75, 3.05) is 0 Å². The maximum atomic E-state index is 12.5. The zero-order valence-corrected chi connectivity index (χ0v) is 13.7. The number of hydrazone groups is 1. The summed E-state index contributed by atoms with van der Waals surface area (Å²) < 4.78 is 41.5. The Labute approximate surface area is 141 Å². The number of guanidine groups is 1. The predicted octanol–water partition coefficient (Wildman–Crippen LogP) is 3.23.